The summed E-state index contributed by atoms with van der Waals surface area (Å²) in [5, 5.41) is 0. The van der Waals surface area contributed by atoms with Crippen LogP contribution >= 0.6 is 12.6 Å². The minimum absolute atomic E-state index is 0.00527. The Kier molecular flexibility index (Phi) is 4.56. The fourth-order valence-electron chi connectivity index (χ4n) is 3.80. The smallest absolute Gasteiger partial charge is 0.198 e. The Morgan fingerprint density at radius 1 is 1.21 bits per heavy atom. The molecule has 1 aromatic carbocycles. The molecule has 122 valence electrons. The van der Waals surface area contributed by atoms with Gasteiger partial charge in [0.05, 0.1) is 5.41 Å². The number of fused-ring (bicyclic) bond motifs is 1. The summed E-state index contributed by atoms with van der Waals surface area (Å²) in [5.74, 6) is 2.63. The highest BCUT2D eigenvalue weighted by molar-refractivity contribution is 7.84. The highest BCUT2D eigenvalue weighted by atomic mass is 32.1. The van der Waals surface area contributed by atoms with Crippen molar-refractivity contribution in [3.63, 3.8) is 0 Å². The molecule has 0 aromatic heterocycles. The summed E-state index contributed by atoms with van der Waals surface area (Å²) in [4.78, 5) is 1.05. The van der Waals surface area contributed by atoms with Gasteiger partial charge in [-0.05, 0) is 50.3 Å². The molecule has 0 saturated carbocycles. The molecule has 2 aliphatic rings. The molecule has 0 bridgehead atoms. The lowest BCUT2D eigenvalue weighted by Gasteiger charge is -2.18. The van der Waals surface area contributed by atoms with E-state index in [2.05, 4.69) is 67.8 Å². The van der Waals surface area contributed by atoms with Crippen LogP contribution in [0.4, 0.5) is 5.69 Å². The number of hydrogen-bond donors (Lipinski definition) is 1. The van der Waals surface area contributed by atoms with E-state index in [9.17, 15) is 0 Å². The SMILES string of the molecule is C#C/C=C1\CCCC(/C=C/C2=[N+](C)c3ccccc3C2(C)C)=C1S. The monoisotopic (exact) mass is 334 g/mol. The van der Waals surface area contributed by atoms with Crippen molar-refractivity contribution in [2.24, 2.45) is 0 Å². The van der Waals surface area contributed by atoms with Gasteiger partial charge in [-0.25, -0.2) is 0 Å². The van der Waals surface area contributed by atoms with Crippen LogP contribution in [0, 0.1) is 12.3 Å². The molecule has 0 atom stereocenters. The standard InChI is InChI=1S/C22H23NS/c1-5-9-16-10-8-11-17(21(16)24)14-15-20-22(2,3)18-12-6-7-13-19(18)23(20)4/h1,6-7,9,12-15H,8,10-11H2,2-4H3/p+1/b16-9+. The van der Waals surface area contributed by atoms with Crippen molar-refractivity contribution in [1.82, 2.24) is 0 Å². The van der Waals surface area contributed by atoms with E-state index in [1.165, 1.54) is 28.1 Å². The zero-order valence-electron chi connectivity index (χ0n) is 14.6. The van der Waals surface area contributed by atoms with E-state index in [0.29, 0.717) is 0 Å². The molecule has 0 amide bonds. The summed E-state index contributed by atoms with van der Waals surface area (Å²) in [6.07, 6.45) is 15.0. The number of para-hydroxylation sites is 1. The van der Waals surface area contributed by atoms with Crippen LogP contribution in [0.3, 0.4) is 0 Å². The van der Waals surface area contributed by atoms with Gasteiger partial charge in [0.2, 0.25) is 5.69 Å². The van der Waals surface area contributed by atoms with Crippen LogP contribution in [0.5, 0.6) is 0 Å². The third-order valence-corrected chi connectivity index (χ3v) is 5.72. The second kappa shape index (κ2) is 6.49. The Morgan fingerprint density at radius 2 is 1.96 bits per heavy atom. The Labute approximate surface area is 150 Å². The molecule has 0 unspecified atom stereocenters. The summed E-state index contributed by atoms with van der Waals surface area (Å²) in [6, 6.07) is 8.64. The van der Waals surface area contributed by atoms with Gasteiger partial charge in [-0.3, -0.25) is 0 Å². The number of terminal acetylenes is 1. The van der Waals surface area contributed by atoms with E-state index in [1.807, 2.05) is 6.08 Å². The van der Waals surface area contributed by atoms with Gasteiger partial charge in [-0.15, -0.1) is 19.1 Å². The van der Waals surface area contributed by atoms with E-state index in [0.717, 1.165) is 24.2 Å². The first kappa shape index (κ1) is 16.9. The molecule has 0 N–H and O–H groups in total. The van der Waals surface area contributed by atoms with E-state index >= 15 is 0 Å². The molecule has 1 aromatic rings. The van der Waals surface area contributed by atoms with Gasteiger partial charge in [-0.1, -0.05) is 30.2 Å². The average Bonchev–Trinajstić information content (AvgIpc) is 2.76. The molecule has 3 rings (SSSR count). The lowest BCUT2D eigenvalue weighted by Crippen LogP contribution is -2.26. The number of nitrogens with zero attached hydrogens (tertiary/aromatic N) is 1. The lowest BCUT2D eigenvalue weighted by molar-refractivity contribution is -0.401. The van der Waals surface area contributed by atoms with Crippen molar-refractivity contribution in [1.29, 1.82) is 0 Å². The topological polar surface area (TPSA) is 3.01 Å². The van der Waals surface area contributed by atoms with Crippen molar-refractivity contribution in [3.05, 3.63) is 64.1 Å². The van der Waals surface area contributed by atoms with E-state index in [4.69, 9.17) is 19.1 Å². The van der Waals surface area contributed by atoms with E-state index < -0.39 is 0 Å². The molecule has 1 aliphatic heterocycles. The molecule has 24 heavy (non-hydrogen) atoms. The first-order chi connectivity index (χ1) is 11.5. The van der Waals surface area contributed by atoms with Crippen molar-refractivity contribution in [2.75, 3.05) is 7.05 Å². The van der Waals surface area contributed by atoms with Crippen LogP contribution in [-0.4, -0.2) is 17.3 Å². The Balaban J connectivity index is 1.99. The predicted octanol–water partition coefficient (Wildman–Crippen LogP) is 5.18. The first-order valence-electron chi connectivity index (χ1n) is 8.43. The zero-order valence-corrected chi connectivity index (χ0v) is 15.5. The summed E-state index contributed by atoms with van der Waals surface area (Å²) >= 11 is 4.72. The molecule has 0 radical (unpaired) electrons. The number of benzene rings is 1. The van der Waals surface area contributed by atoms with Gasteiger partial charge < -0.3 is 0 Å². The molecule has 0 fully saturated rings. The van der Waals surface area contributed by atoms with Gasteiger partial charge in [0, 0.05) is 22.6 Å². The highest BCUT2D eigenvalue weighted by Crippen LogP contribution is 2.39. The predicted molar refractivity (Wildman–Crippen MR) is 106 cm³/mol. The van der Waals surface area contributed by atoms with E-state index in [-0.39, 0.29) is 5.41 Å². The first-order valence-corrected chi connectivity index (χ1v) is 8.88. The van der Waals surface area contributed by atoms with Crippen molar-refractivity contribution in [3.8, 4) is 12.3 Å². The molecule has 2 heteroatoms. The Bertz CT molecular complexity index is 841. The molecular weight excluding hydrogens is 310 g/mol. The van der Waals surface area contributed by atoms with Crippen molar-refractivity contribution >= 4 is 24.0 Å². The normalized spacial score (nSPS) is 21.5. The van der Waals surface area contributed by atoms with Gasteiger partial charge in [0.1, 0.15) is 7.05 Å². The Morgan fingerprint density at radius 3 is 2.67 bits per heavy atom. The van der Waals surface area contributed by atoms with Crippen LogP contribution in [0.15, 0.2) is 58.5 Å². The third-order valence-electron chi connectivity index (χ3n) is 5.14. The molecular formula is C22H24NS+. The van der Waals surface area contributed by atoms with Gasteiger partial charge >= 0.3 is 0 Å². The van der Waals surface area contributed by atoms with E-state index in [1.54, 1.807) is 0 Å². The van der Waals surface area contributed by atoms with Crippen LogP contribution in [0.25, 0.3) is 0 Å². The zero-order chi connectivity index (χ0) is 17.3. The lowest BCUT2D eigenvalue weighted by atomic mass is 9.81. The maximum atomic E-state index is 5.43. The minimum Gasteiger partial charge on any atom is -0.198 e. The largest absolute Gasteiger partial charge is 0.209 e. The quantitative estimate of drug-likeness (QED) is 0.431. The number of hydrogen-bond acceptors (Lipinski definition) is 1. The second-order valence-corrected chi connectivity index (χ2v) is 7.43. The van der Waals surface area contributed by atoms with Crippen molar-refractivity contribution in [2.45, 2.75) is 38.5 Å². The fraction of sp³-hybridized carbons (Fsp3) is 0.318. The molecule has 1 heterocycles. The summed E-state index contributed by atoms with van der Waals surface area (Å²) in [5.41, 5.74) is 6.44. The average molecular weight is 335 g/mol. The summed E-state index contributed by atoms with van der Waals surface area (Å²) < 4.78 is 2.30. The summed E-state index contributed by atoms with van der Waals surface area (Å²) in [6.45, 7) is 4.57. The van der Waals surface area contributed by atoms with Crippen molar-refractivity contribution < 1.29 is 4.58 Å². The molecule has 0 spiro atoms. The van der Waals surface area contributed by atoms with Gasteiger partial charge in [-0.2, -0.15) is 4.58 Å². The van der Waals surface area contributed by atoms with Crippen LogP contribution in [0.1, 0.15) is 38.7 Å². The number of rotatable bonds is 2. The number of allylic oxidation sites excluding steroid dienone is 5. The Hall–Kier alpha value is -1.98. The van der Waals surface area contributed by atoms with Gasteiger partial charge in [0.15, 0.2) is 5.71 Å². The number of thiol groups is 1. The minimum atomic E-state index is 0.00527. The van der Waals surface area contributed by atoms with Crippen LogP contribution in [-0.2, 0) is 5.41 Å². The third kappa shape index (κ3) is 2.78. The molecule has 1 aliphatic carbocycles. The second-order valence-electron chi connectivity index (χ2n) is 6.98. The molecule has 1 nitrogen and oxygen atoms in total. The van der Waals surface area contributed by atoms with Crippen LogP contribution < -0.4 is 0 Å². The maximum Gasteiger partial charge on any atom is 0.209 e. The molecule has 0 saturated heterocycles. The fourth-order valence-corrected chi connectivity index (χ4v) is 4.16. The van der Waals surface area contributed by atoms with Crippen LogP contribution in [0.2, 0.25) is 0 Å². The maximum absolute atomic E-state index is 5.43. The highest BCUT2D eigenvalue weighted by Gasteiger charge is 2.42. The van der Waals surface area contributed by atoms with Gasteiger partial charge in [0.25, 0.3) is 0 Å². The summed E-state index contributed by atoms with van der Waals surface area (Å²) in [7, 11) is 2.15.